The smallest absolute Gasteiger partial charge is 0.198 e. The lowest BCUT2D eigenvalue weighted by atomic mass is 10.1. The molecule has 0 unspecified atom stereocenters. The molecule has 2 heterocycles. The van der Waals surface area contributed by atoms with E-state index in [4.69, 9.17) is 10.2 Å². The van der Waals surface area contributed by atoms with E-state index in [0.717, 1.165) is 12.8 Å². The Kier molecular flexibility index (Phi) is 2.91. The van der Waals surface area contributed by atoms with Crippen molar-refractivity contribution >= 4 is 16.9 Å². The van der Waals surface area contributed by atoms with Crippen molar-refractivity contribution in [3.63, 3.8) is 0 Å². The fourth-order valence-corrected chi connectivity index (χ4v) is 1.99. The minimum absolute atomic E-state index is 0.591. The van der Waals surface area contributed by atoms with E-state index < -0.39 is 0 Å². The van der Waals surface area contributed by atoms with Crippen molar-refractivity contribution < 1.29 is 4.42 Å². The van der Waals surface area contributed by atoms with E-state index in [9.17, 15) is 0 Å². The van der Waals surface area contributed by atoms with E-state index in [1.807, 2.05) is 0 Å². The number of pyridine rings is 1. The molecule has 0 saturated carbocycles. The summed E-state index contributed by atoms with van der Waals surface area (Å²) in [7, 11) is 0. The van der Waals surface area contributed by atoms with Crippen LogP contribution in [0.2, 0.25) is 0 Å². The summed E-state index contributed by atoms with van der Waals surface area (Å²) >= 11 is 0. The Bertz CT molecular complexity index is 701. The average Bonchev–Trinajstić information content (AvgIpc) is 2.80. The molecule has 4 heteroatoms. The number of aromatic nitrogens is 2. The van der Waals surface area contributed by atoms with Crippen molar-refractivity contribution in [1.29, 1.82) is 0 Å². The van der Waals surface area contributed by atoms with Gasteiger partial charge < -0.3 is 10.2 Å². The quantitative estimate of drug-likeness (QED) is 0.779. The highest BCUT2D eigenvalue weighted by Crippen LogP contribution is 2.17. The van der Waals surface area contributed by atoms with Gasteiger partial charge in [-0.3, -0.25) is 0 Å². The topological polar surface area (TPSA) is 64.9 Å². The highest BCUT2D eigenvalue weighted by molar-refractivity contribution is 5.71. The number of oxazole rings is 1. The molecule has 0 radical (unpaired) electrons. The van der Waals surface area contributed by atoms with Gasteiger partial charge in [-0.25, -0.2) is 4.98 Å². The van der Waals surface area contributed by atoms with Gasteiger partial charge in [0.15, 0.2) is 17.1 Å². The van der Waals surface area contributed by atoms with Crippen molar-refractivity contribution in [1.82, 2.24) is 9.97 Å². The lowest BCUT2D eigenvalue weighted by Gasteiger charge is -1.99. The van der Waals surface area contributed by atoms with Crippen molar-refractivity contribution in [2.24, 2.45) is 0 Å². The lowest BCUT2D eigenvalue weighted by Crippen LogP contribution is -1.91. The number of hydrogen-bond acceptors (Lipinski definition) is 4. The van der Waals surface area contributed by atoms with E-state index in [1.165, 1.54) is 11.1 Å². The SMILES string of the molecule is Cc1ccc(CCc2nc3ncc(N)cc3o2)cc1. The van der Waals surface area contributed by atoms with Gasteiger partial charge in [-0.05, 0) is 18.9 Å². The summed E-state index contributed by atoms with van der Waals surface area (Å²) in [5, 5.41) is 0. The molecule has 96 valence electrons. The lowest BCUT2D eigenvalue weighted by molar-refractivity contribution is 0.528. The van der Waals surface area contributed by atoms with Crippen molar-refractivity contribution in [2.45, 2.75) is 19.8 Å². The molecule has 3 aromatic rings. The van der Waals surface area contributed by atoms with Gasteiger partial charge in [0.1, 0.15) is 0 Å². The second-order valence-electron chi connectivity index (χ2n) is 4.68. The number of aryl methyl sites for hydroxylation is 3. The first-order valence-electron chi connectivity index (χ1n) is 6.27. The van der Waals surface area contributed by atoms with E-state index >= 15 is 0 Å². The van der Waals surface area contributed by atoms with Crippen molar-refractivity contribution in [2.75, 3.05) is 5.73 Å². The molecule has 0 aliphatic heterocycles. The Morgan fingerprint density at radius 1 is 1.16 bits per heavy atom. The monoisotopic (exact) mass is 253 g/mol. The zero-order chi connectivity index (χ0) is 13.2. The predicted molar refractivity (Wildman–Crippen MR) is 74.8 cm³/mol. The summed E-state index contributed by atoms with van der Waals surface area (Å²) in [4.78, 5) is 8.49. The first-order valence-corrected chi connectivity index (χ1v) is 6.27. The van der Waals surface area contributed by atoms with Crippen LogP contribution in [0.3, 0.4) is 0 Å². The standard InChI is InChI=1S/C15H15N3O/c1-10-2-4-11(5-3-10)6-7-14-18-15-13(19-14)8-12(16)9-17-15/h2-5,8-9H,6-7,16H2,1H3. The molecule has 0 bridgehead atoms. The molecule has 0 spiro atoms. The minimum Gasteiger partial charge on any atom is -0.439 e. The third kappa shape index (κ3) is 2.57. The Hall–Kier alpha value is -2.36. The molecule has 4 nitrogen and oxygen atoms in total. The van der Waals surface area contributed by atoms with E-state index in [-0.39, 0.29) is 0 Å². The Labute approximate surface area is 111 Å². The highest BCUT2D eigenvalue weighted by Gasteiger charge is 2.07. The summed E-state index contributed by atoms with van der Waals surface area (Å²) in [6.07, 6.45) is 3.26. The van der Waals surface area contributed by atoms with Crippen molar-refractivity contribution in [3.8, 4) is 0 Å². The zero-order valence-corrected chi connectivity index (χ0v) is 10.8. The minimum atomic E-state index is 0.591. The molecule has 3 rings (SSSR count). The number of hydrogen-bond donors (Lipinski definition) is 1. The predicted octanol–water partition coefficient (Wildman–Crippen LogP) is 2.90. The molecule has 19 heavy (non-hydrogen) atoms. The third-order valence-corrected chi connectivity index (χ3v) is 3.06. The number of anilines is 1. The maximum atomic E-state index is 5.66. The van der Waals surface area contributed by atoms with Crippen LogP contribution < -0.4 is 5.73 Å². The maximum absolute atomic E-state index is 5.66. The molecular formula is C15H15N3O. The van der Waals surface area contributed by atoms with Crippen LogP contribution in [-0.2, 0) is 12.8 Å². The summed E-state index contributed by atoms with van der Waals surface area (Å²) < 4.78 is 5.64. The van der Waals surface area contributed by atoms with Crippen molar-refractivity contribution in [3.05, 3.63) is 53.5 Å². The van der Waals surface area contributed by atoms with Gasteiger partial charge in [0.25, 0.3) is 0 Å². The Morgan fingerprint density at radius 2 is 1.95 bits per heavy atom. The zero-order valence-electron chi connectivity index (χ0n) is 10.8. The number of nitrogens with zero attached hydrogens (tertiary/aromatic N) is 2. The average molecular weight is 253 g/mol. The molecule has 0 aliphatic rings. The number of nitrogens with two attached hydrogens (primary N) is 1. The van der Waals surface area contributed by atoms with E-state index in [1.54, 1.807) is 12.3 Å². The molecule has 0 saturated heterocycles. The molecule has 1 aromatic carbocycles. The summed E-state index contributed by atoms with van der Waals surface area (Å²) in [5.41, 5.74) is 10.1. The van der Waals surface area contributed by atoms with Crippen LogP contribution in [0.1, 0.15) is 17.0 Å². The summed E-state index contributed by atoms with van der Waals surface area (Å²) in [6, 6.07) is 10.3. The second-order valence-corrected chi connectivity index (χ2v) is 4.68. The van der Waals surface area contributed by atoms with Gasteiger partial charge in [0.05, 0.1) is 11.9 Å². The van der Waals surface area contributed by atoms with Gasteiger partial charge in [0, 0.05) is 12.5 Å². The van der Waals surface area contributed by atoms with Crippen LogP contribution in [0.4, 0.5) is 5.69 Å². The third-order valence-electron chi connectivity index (χ3n) is 3.06. The first kappa shape index (κ1) is 11.7. The molecule has 0 fully saturated rings. The number of fused-ring (bicyclic) bond motifs is 1. The van der Waals surface area contributed by atoms with E-state index in [0.29, 0.717) is 22.8 Å². The van der Waals surface area contributed by atoms with Crippen LogP contribution >= 0.6 is 0 Å². The fraction of sp³-hybridized carbons (Fsp3) is 0.200. The largest absolute Gasteiger partial charge is 0.439 e. The fourth-order valence-electron chi connectivity index (χ4n) is 1.99. The van der Waals surface area contributed by atoms with Gasteiger partial charge in [-0.15, -0.1) is 0 Å². The molecule has 0 atom stereocenters. The summed E-state index contributed by atoms with van der Waals surface area (Å²) in [6.45, 7) is 2.08. The molecule has 0 amide bonds. The number of benzene rings is 1. The molecule has 0 aliphatic carbocycles. The molecule has 2 aromatic heterocycles. The van der Waals surface area contributed by atoms with Crippen LogP contribution in [0.5, 0.6) is 0 Å². The Morgan fingerprint density at radius 3 is 2.74 bits per heavy atom. The molecular weight excluding hydrogens is 238 g/mol. The first-order chi connectivity index (χ1) is 9.20. The van der Waals surface area contributed by atoms with Crippen LogP contribution in [0.25, 0.3) is 11.2 Å². The van der Waals surface area contributed by atoms with Gasteiger partial charge in [-0.2, -0.15) is 4.98 Å². The van der Waals surface area contributed by atoms with Gasteiger partial charge in [-0.1, -0.05) is 29.8 Å². The second kappa shape index (κ2) is 4.72. The van der Waals surface area contributed by atoms with E-state index in [2.05, 4.69) is 41.2 Å². The Balaban J connectivity index is 1.76. The van der Waals surface area contributed by atoms with Gasteiger partial charge in [0.2, 0.25) is 0 Å². The summed E-state index contributed by atoms with van der Waals surface area (Å²) in [5.74, 6) is 0.702. The van der Waals surface area contributed by atoms with Crippen LogP contribution in [0.15, 0.2) is 40.9 Å². The van der Waals surface area contributed by atoms with Crippen LogP contribution in [0, 0.1) is 6.92 Å². The number of nitrogen functional groups attached to an aromatic ring is 1. The number of rotatable bonds is 3. The normalized spacial score (nSPS) is 11.0. The van der Waals surface area contributed by atoms with Gasteiger partial charge >= 0.3 is 0 Å². The maximum Gasteiger partial charge on any atom is 0.198 e. The molecule has 2 N–H and O–H groups in total. The van der Waals surface area contributed by atoms with Crippen LogP contribution in [-0.4, -0.2) is 9.97 Å². The highest BCUT2D eigenvalue weighted by atomic mass is 16.3.